The maximum absolute atomic E-state index is 11.8. The summed E-state index contributed by atoms with van der Waals surface area (Å²) in [6.07, 6.45) is 1.14. The summed E-state index contributed by atoms with van der Waals surface area (Å²) in [4.78, 5) is 35.4. The lowest BCUT2D eigenvalue weighted by molar-refractivity contribution is -0.150. The number of aliphatic carboxylic acids is 1. The van der Waals surface area contributed by atoms with Gasteiger partial charge in [0.15, 0.2) is 0 Å². The molecule has 0 bridgehead atoms. The molecule has 0 saturated carbocycles. The van der Waals surface area contributed by atoms with Gasteiger partial charge in [-0.3, -0.25) is 9.59 Å². The molecule has 7 nitrogen and oxygen atoms in total. The number of carbonyl (C=O) groups is 3. The molecule has 1 aliphatic rings. The van der Waals surface area contributed by atoms with Crippen molar-refractivity contribution in [3.63, 3.8) is 0 Å². The molecule has 108 valence electrons. The third kappa shape index (κ3) is 4.11. The zero-order valence-electron chi connectivity index (χ0n) is 11.4. The molecule has 0 aromatic heterocycles. The number of piperidine rings is 1. The first-order valence-corrected chi connectivity index (χ1v) is 6.36. The Kier molecular flexibility index (Phi) is 5.14. The van der Waals surface area contributed by atoms with Gasteiger partial charge in [0.25, 0.3) is 0 Å². The number of urea groups is 1. The van der Waals surface area contributed by atoms with Gasteiger partial charge in [-0.05, 0) is 19.8 Å². The van der Waals surface area contributed by atoms with E-state index < -0.39 is 11.4 Å². The van der Waals surface area contributed by atoms with Crippen LogP contribution in [0.1, 0.15) is 26.2 Å². The highest BCUT2D eigenvalue weighted by Crippen LogP contribution is 2.30. The SMILES string of the molecule is CNC(=O)CCNC(=O)N1CCC(C)(C(=O)O)CC1. The number of hydrogen-bond acceptors (Lipinski definition) is 3. The first-order valence-electron chi connectivity index (χ1n) is 6.36. The van der Waals surface area contributed by atoms with Crippen molar-refractivity contribution >= 4 is 17.9 Å². The summed E-state index contributed by atoms with van der Waals surface area (Å²) in [7, 11) is 1.54. The average Bonchev–Trinajstić information content (AvgIpc) is 2.39. The van der Waals surface area contributed by atoms with Crippen LogP contribution >= 0.6 is 0 Å². The summed E-state index contributed by atoms with van der Waals surface area (Å²) in [6.45, 7) is 2.84. The van der Waals surface area contributed by atoms with Gasteiger partial charge >= 0.3 is 12.0 Å². The Labute approximate surface area is 112 Å². The van der Waals surface area contributed by atoms with Crippen LogP contribution in [0.15, 0.2) is 0 Å². The van der Waals surface area contributed by atoms with Crippen molar-refractivity contribution in [2.45, 2.75) is 26.2 Å². The summed E-state index contributed by atoms with van der Waals surface area (Å²) in [6, 6.07) is -0.239. The number of carbonyl (C=O) groups excluding carboxylic acids is 2. The number of hydrogen-bond donors (Lipinski definition) is 3. The van der Waals surface area contributed by atoms with Crippen LogP contribution in [0.2, 0.25) is 0 Å². The van der Waals surface area contributed by atoms with Crippen LogP contribution in [0.4, 0.5) is 4.79 Å². The standard InChI is InChI=1S/C12H21N3O4/c1-12(10(17)18)4-7-15(8-5-12)11(19)14-6-3-9(16)13-2/h3-8H2,1-2H3,(H,13,16)(H,14,19)(H,17,18). The fourth-order valence-electron chi connectivity index (χ4n) is 1.94. The fraction of sp³-hybridized carbons (Fsp3) is 0.750. The molecule has 1 saturated heterocycles. The van der Waals surface area contributed by atoms with E-state index >= 15 is 0 Å². The summed E-state index contributed by atoms with van der Waals surface area (Å²) >= 11 is 0. The molecule has 0 unspecified atom stereocenters. The second-order valence-electron chi connectivity index (χ2n) is 5.01. The van der Waals surface area contributed by atoms with Gasteiger partial charge in [0.2, 0.25) is 5.91 Å². The molecule has 1 rings (SSSR count). The van der Waals surface area contributed by atoms with Crippen molar-refractivity contribution < 1.29 is 19.5 Å². The second-order valence-corrected chi connectivity index (χ2v) is 5.01. The number of nitrogens with one attached hydrogen (secondary N) is 2. The first-order chi connectivity index (χ1) is 8.89. The third-order valence-electron chi connectivity index (χ3n) is 3.58. The van der Waals surface area contributed by atoms with Gasteiger partial charge in [-0.25, -0.2) is 4.79 Å². The van der Waals surface area contributed by atoms with E-state index in [0.29, 0.717) is 25.9 Å². The molecule has 0 aromatic rings. The molecule has 1 heterocycles. The van der Waals surface area contributed by atoms with E-state index in [1.54, 1.807) is 18.9 Å². The van der Waals surface area contributed by atoms with Crippen molar-refractivity contribution in [3.05, 3.63) is 0 Å². The van der Waals surface area contributed by atoms with E-state index in [9.17, 15) is 14.4 Å². The number of nitrogens with zero attached hydrogens (tertiary/aromatic N) is 1. The smallest absolute Gasteiger partial charge is 0.317 e. The molecular formula is C12H21N3O4. The van der Waals surface area contributed by atoms with Crippen LogP contribution in [0, 0.1) is 5.41 Å². The normalized spacial score (nSPS) is 17.7. The average molecular weight is 271 g/mol. The molecule has 3 amide bonds. The Hall–Kier alpha value is -1.79. The molecule has 0 atom stereocenters. The summed E-state index contributed by atoms with van der Waals surface area (Å²) in [5.41, 5.74) is -0.737. The van der Waals surface area contributed by atoms with Gasteiger partial charge in [0.1, 0.15) is 0 Å². The van der Waals surface area contributed by atoms with Gasteiger partial charge in [0.05, 0.1) is 5.41 Å². The maximum Gasteiger partial charge on any atom is 0.317 e. The fourth-order valence-corrected chi connectivity index (χ4v) is 1.94. The maximum atomic E-state index is 11.8. The number of carboxylic acids is 1. The van der Waals surface area contributed by atoms with Crippen LogP contribution in [-0.4, -0.2) is 54.6 Å². The lowest BCUT2D eigenvalue weighted by atomic mass is 9.80. The Morgan fingerprint density at radius 1 is 1.26 bits per heavy atom. The lowest BCUT2D eigenvalue weighted by Crippen LogP contribution is -2.49. The van der Waals surface area contributed by atoms with Crippen LogP contribution in [0.3, 0.4) is 0 Å². The summed E-state index contributed by atoms with van der Waals surface area (Å²) in [5.74, 6) is -0.940. The number of carboxylic acid groups (broad SMARTS) is 1. The molecule has 0 radical (unpaired) electrons. The second kappa shape index (κ2) is 6.40. The van der Waals surface area contributed by atoms with E-state index in [4.69, 9.17) is 5.11 Å². The Bertz CT molecular complexity index is 362. The van der Waals surface area contributed by atoms with E-state index in [0.717, 1.165) is 0 Å². The minimum Gasteiger partial charge on any atom is -0.481 e. The van der Waals surface area contributed by atoms with Crippen LogP contribution in [0.5, 0.6) is 0 Å². The van der Waals surface area contributed by atoms with Crippen molar-refractivity contribution in [1.82, 2.24) is 15.5 Å². The highest BCUT2D eigenvalue weighted by atomic mass is 16.4. The van der Waals surface area contributed by atoms with Crippen molar-refractivity contribution in [3.8, 4) is 0 Å². The largest absolute Gasteiger partial charge is 0.481 e. The van der Waals surface area contributed by atoms with Gasteiger partial charge in [-0.2, -0.15) is 0 Å². The van der Waals surface area contributed by atoms with E-state index in [2.05, 4.69) is 10.6 Å². The molecule has 7 heteroatoms. The minimum atomic E-state index is -0.813. The molecule has 0 aromatic carbocycles. The molecule has 0 spiro atoms. The molecule has 19 heavy (non-hydrogen) atoms. The Balaban J connectivity index is 2.33. The van der Waals surface area contributed by atoms with E-state index in [-0.39, 0.29) is 24.9 Å². The molecule has 0 aliphatic carbocycles. The molecule has 3 N–H and O–H groups in total. The van der Waals surface area contributed by atoms with E-state index in [1.807, 2.05) is 0 Å². The molecule has 1 aliphatic heterocycles. The van der Waals surface area contributed by atoms with Gasteiger partial charge in [-0.1, -0.05) is 0 Å². The number of rotatable bonds is 4. The first kappa shape index (κ1) is 15.3. The molecule has 1 fully saturated rings. The van der Waals surface area contributed by atoms with Gasteiger partial charge < -0.3 is 20.6 Å². The quantitative estimate of drug-likeness (QED) is 0.671. The predicted octanol–water partition coefficient (Wildman–Crippen LogP) is 0.0188. The predicted molar refractivity (Wildman–Crippen MR) is 68.6 cm³/mol. The van der Waals surface area contributed by atoms with Crippen molar-refractivity contribution in [2.75, 3.05) is 26.7 Å². The summed E-state index contributed by atoms with van der Waals surface area (Å²) < 4.78 is 0. The summed E-state index contributed by atoms with van der Waals surface area (Å²) in [5, 5.41) is 14.2. The third-order valence-corrected chi connectivity index (χ3v) is 3.58. The zero-order valence-corrected chi connectivity index (χ0v) is 11.4. The zero-order chi connectivity index (χ0) is 14.5. The van der Waals surface area contributed by atoms with Crippen LogP contribution in [0.25, 0.3) is 0 Å². The van der Waals surface area contributed by atoms with Crippen LogP contribution < -0.4 is 10.6 Å². The van der Waals surface area contributed by atoms with Crippen molar-refractivity contribution in [1.29, 1.82) is 0 Å². The Morgan fingerprint density at radius 3 is 2.32 bits per heavy atom. The van der Waals surface area contributed by atoms with Crippen LogP contribution in [-0.2, 0) is 9.59 Å². The number of likely N-dealkylation sites (tertiary alicyclic amines) is 1. The monoisotopic (exact) mass is 271 g/mol. The highest BCUT2D eigenvalue weighted by Gasteiger charge is 2.37. The van der Waals surface area contributed by atoms with Crippen molar-refractivity contribution in [2.24, 2.45) is 5.41 Å². The van der Waals surface area contributed by atoms with Gasteiger partial charge in [0, 0.05) is 33.1 Å². The lowest BCUT2D eigenvalue weighted by Gasteiger charge is -2.36. The highest BCUT2D eigenvalue weighted by molar-refractivity contribution is 5.78. The minimum absolute atomic E-state index is 0.127. The number of amides is 3. The molecular weight excluding hydrogens is 250 g/mol. The topological polar surface area (TPSA) is 98.7 Å². The van der Waals surface area contributed by atoms with Gasteiger partial charge in [-0.15, -0.1) is 0 Å². The van der Waals surface area contributed by atoms with E-state index in [1.165, 1.54) is 0 Å². The Morgan fingerprint density at radius 2 is 1.84 bits per heavy atom.